The first-order chi connectivity index (χ1) is 16.3. The average Bonchev–Trinajstić information content (AvgIpc) is 2.82. The Morgan fingerprint density at radius 1 is 1.24 bits per heavy atom. The number of nitriles is 1. The number of aromatic nitrogens is 4. The van der Waals surface area contributed by atoms with Gasteiger partial charge in [-0.1, -0.05) is 6.92 Å². The monoisotopic (exact) mass is 462 g/mol. The number of ether oxygens (including phenoxy) is 2. The lowest BCUT2D eigenvalue weighted by atomic mass is 9.88. The molecule has 9 heteroatoms. The minimum absolute atomic E-state index is 0.0268. The molecule has 3 aromatic rings. The molecular weight excluding hydrogens is 432 g/mol. The fraction of sp³-hybridized carbons (Fsp3) is 0.480. The van der Waals surface area contributed by atoms with E-state index in [2.05, 4.69) is 39.8 Å². The number of nitrogens with zero attached hydrogens (tertiary/aromatic N) is 6. The smallest absolute Gasteiger partial charge is 0.349 e. The van der Waals surface area contributed by atoms with Crippen molar-refractivity contribution in [2.24, 2.45) is 13.0 Å². The summed E-state index contributed by atoms with van der Waals surface area (Å²) in [5, 5.41) is 9.34. The van der Waals surface area contributed by atoms with Crippen LogP contribution in [-0.2, 0) is 7.05 Å². The summed E-state index contributed by atoms with van der Waals surface area (Å²) in [7, 11) is 1.66. The number of rotatable bonds is 6. The Morgan fingerprint density at radius 3 is 2.68 bits per heavy atom. The first-order valence-corrected chi connectivity index (χ1v) is 11.6. The SMILES string of the molecule is CC[C@H]1CN(c2nc(=O)n(C)c3ccc(C#N)nc23)[C@H](C)C[C@H]1Oc1ccc(OC(C)C)cn1. The molecule has 3 aromatic heterocycles. The predicted octanol–water partition coefficient (Wildman–Crippen LogP) is 3.45. The molecule has 0 aromatic carbocycles. The van der Waals surface area contributed by atoms with Gasteiger partial charge in [-0.15, -0.1) is 0 Å². The van der Waals surface area contributed by atoms with E-state index < -0.39 is 0 Å². The van der Waals surface area contributed by atoms with Crippen LogP contribution in [0.25, 0.3) is 11.0 Å². The topological polar surface area (TPSA) is 106 Å². The Kier molecular flexibility index (Phi) is 6.68. The summed E-state index contributed by atoms with van der Waals surface area (Å²) >= 11 is 0. The van der Waals surface area contributed by atoms with Crippen LogP contribution in [0.5, 0.6) is 11.6 Å². The zero-order valence-electron chi connectivity index (χ0n) is 20.2. The molecule has 1 saturated heterocycles. The van der Waals surface area contributed by atoms with E-state index in [-0.39, 0.29) is 29.9 Å². The molecule has 0 radical (unpaired) electrons. The molecule has 1 aliphatic rings. The molecule has 0 bridgehead atoms. The van der Waals surface area contributed by atoms with Crippen LogP contribution in [0, 0.1) is 17.2 Å². The molecule has 0 N–H and O–H groups in total. The van der Waals surface area contributed by atoms with Crippen LogP contribution >= 0.6 is 0 Å². The first kappa shape index (κ1) is 23.5. The third kappa shape index (κ3) is 4.67. The van der Waals surface area contributed by atoms with Gasteiger partial charge in [-0.3, -0.25) is 4.57 Å². The van der Waals surface area contributed by atoms with E-state index in [1.807, 2.05) is 26.0 Å². The van der Waals surface area contributed by atoms with Gasteiger partial charge in [-0.25, -0.2) is 14.8 Å². The second-order valence-electron chi connectivity index (χ2n) is 9.01. The van der Waals surface area contributed by atoms with Crippen molar-refractivity contribution < 1.29 is 9.47 Å². The molecule has 34 heavy (non-hydrogen) atoms. The quantitative estimate of drug-likeness (QED) is 0.548. The fourth-order valence-electron chi connectivity index (χ4n) is 4.44. The predicted molar refractivity (Wildman–Crippen MR) is 129 cm³/mol. The van der Waals surface area contributed by atoms with Gasteiger partial charge >= 0.3 is 5.69 Å². The maximum Gasteiger partial charge on any atom is 0.349 e. The van der Waals surface area contributed by atoms with Gasteiger partial charge in [-0.05, 0) is 45.4 Å². The third-order valence-corrected chi connectivity index (χ3v) is 6.26. The molecule has 0 spiro atoms. The molecule has 0 unspecified atom stereocenters. The molecule has 1 aliphatic heterocycles. The van der Waals surface area contributed by atoms with Crippen LogP contribution < -0.4 is 20.1 Å². The van der Waals surface area contributed by atoms with Crippen LogP contribution in [0.15, 0.2) is 35.3 Å². The first-order valence-electron chi connectivity index (χ1n) is 11.6. The van der Waals surface area contributed by atoms with Gasteiger partial charge in [-0.2, -0.15) is 10.2 Å². The molecule has 0 aliphatic carbocycles. The van der Waals surface area contributed by atoms with Crippen LogP contribution in [0.2, 0.25) is 0 Å². The highest BCUT2D eigenvalue weighted by Gasteiger charge is 2.36. The zero-order chi connectivity index (χ0) is 24.4. The highest BCUT2D eigenvalue weighted by Crippen LogP contribution is 2.33. The maximum atomic E-state index is 12.6. The lowest BCUT2D eigenvalue weighted by Gasteiger charge is -2.43. The molecule has 1 fully saturated rings. The van der Waals surface area contributed by atoms with E-state index in [1.54, 1.807) is 25.4 Å². The lowest BCUT2D eigenvalue weighted by Crippen LogP contribution is -2.51. The van der Waals surface area contributed by atoms with E-state index in [4.69, 9.17) is 9.47 Å². The summed E-state index contributed by atoms with van der Waals surface area (Å²) in [5.74, 6) is 2.00. The molecule has 0 amide bonds. The molecule has 3 atom stereocenters. The lowest BCUT2D eigenvalue weighted by molar-refractivity contribution is 0.0908. The van der Waals surface area contributed by atoms with Crippen molar-refractivity contribution in [3.05, 3.63) is 46.6 Å². The molecule has 0 saturated carbocycles. The zero-order valence-corrected chi connectivity index (χ0v) is 20.2. The average molecular weight is 463 g/mol. The van der Waals surface area contributed by atoms with Gasteiger partial charge in [0.1, 0.15) is 29.1 Å². The number of piperidine rings is 1. The summed E-state index contributed by atoms with van der Waals surface area (Å²) in [6.45, 7) is 8.83. The molecular formula is C25H30N6O3. The van der Waals surface area contributed by atoms with Crippen LogP contribution in [0.3, 0.4) is 0 Å². The summed E-state index contributed by atoms with van der Waals surface area (Å²) in [6, 6.07) is 9.21. The second kappa shape index (κ2) is 9.67. The summed E-state index contributed by atoms with van der Waals surface area (Å²) < 4.78 is 13.4. The molecule has 4 rings (SSSR count). The minimum Gasteiger partial charge on any atom is -0.489 e. The molecule has 9 nitrogen and oxygen atoms in total. The summed E-state index contributed by atoms with van der Waals surface area (Å²) in [5.41, 5.74) is 1.16. The summed E-state index contributed by atoms with van der Waals surface area (Å²) in [4.78, 5) is 28.0. The van der Waals surface area contributed by atoms with E-state index in [0.29, 0.717) is 40.7 Å². The van der Waals surface area contributed by atoms with Gasteiger partial charge in [0.15, 0.2) is 5.82 Å². The van der Waals surface area contributed by atoms with E-state index >= 15 is 0 Å². The van der Waals surface area contributed by atoms with Crippen molar-refractivity contribution in [2.45, 2.75) is 58.8 Å². The fourth-order valence-corrected chi connectivity index (χ4v) is 4.44. The Hall–Kier alpha value is -3.67. The van der Waals surface area contributed by atoms with Gasteiger partial charge in [0.05, 0.1) is 17.8 Å². The largest absolute Gasteiger partial charge is 0.489 e. The number of hydrogen-bond donors (Lipinski definition) is 0. The van der Waals surface area contributed by atoms with Crippen LogP contribution in [0.4, 0.5) is 5.82 Å². The highest BCUT2D eigenvalue weighted by atomic mass is 16.5. The van der Waals surface area contributed by atoms with Crippen molar-refractivity contribution >= 4 is 16.9 Å². The minimum atomic E-state index is -0.347. The number of hydrogen-bond acceptors (Lipinski definition) is 8. The Bertz CT molecular complexity index is 1260. The van der Waals surface area contributed by atoms with Crippen molar-refractivity contribution in [3.8, 4) is 17.7 Å². The van der Waals surface area contributed by atoms with Crippen molar-refractivity contribution in [2.75, 3.05) is 11.4 Å². The van der Waals surface area contributed by atoms with Gasteiger partial charge < -0.3 is 14.4 Å². The van der Waals surface area contributed by atoms with Gasteiger partial charge in [0.2, 0.25) is 5.88 Å². The van der Waals surface area contributed by atoms with Crippen molar-refractivity contribution in [3.63, 3.8) is 0 Å². The van der Waals surface area contributed by atoms with E-state index in [1.165, 1.54) is 4.57 Å². The van der Waals surface area contributed by atoms with Crippen LogP contribution in [0.1, 0.15) is 46.2 Å². The Balaban J connectivity index is 1.61. The Morgan fingerprint density at radius 2 is 2.03 bits per heavy atom. The molecule has 178 valence electrons. The maximum absolute atomic E-state index is 12.6. The van der Waals surface area contributed by atoms with Gasteiger partial charge in [0, 0.05) is 38.0 Å². The standard InChI is InChI=1S/C25H30N6O3/c1-6-17-14-31(24-23-20(30(5)25(32)29-24)9-7-18(12-26)28-23)16(4)11-21(17)34-22-10-8-19(13-27-22)33-15(2)3/h7-10,13,15-17,21H,6,11,14H2,1-5H3/t16-,17+,21-/m1/s1. The molecule has 4 heterocycles. The number of aryl methyl sites for hydroxylation is 1. The van der Waals surface area contributed by atoms with E-state index in [0.717, 1.165) is 12.8 Å². The van der Waals surface area contributed by atoms with Gasteiger partial charge in [0.25, 0.3) is 0 Å². The normalized spacial score (nSPS) is 20.4. The highest BCUT2D eigenvalue weighted by molar-refractivity contribution is 5.86. The van der Waals surface area contributed by atoms with Crippen molar-refractivity contribution in [1.29, 1.82) is 5.26 Å². The summed E-state index contributed by atoms with van der Waals surface area (Å²) in [6.07, 6.45) is 3.37. The second-order valence-corrected chi connectivity index (χ2v) is 9.01. The number of pyridine rings is 2. The van der Waals surface area contributed by atoms with Crippen LogP contribution in [-0.4, -0.2) is 44.3 Å². The third-order valence-electron chi connectivity index (χ3n) is 6.26. The number of fused-ring (bicyclic) bond motifs is 1. The van der Waals surface area contributed by atoms with E-state index in [9.17, 15) is 10.1 Å². The number of anilines is 1. The Labute approximate surface area is 199 Å². The van der Waals surface area contributed by atoms with Crippen molar-refractivity contribution in [1.82, 2.24) is 19.5 Å².